The fourth-order valence-electron chi connectivity index (χ4n) is 3.08. The first kappa shape index (κ1) is 19.4. The first-order valence-corrected chi connectivity index (χ1v) is 8.67. The summed E-state index contributed by atoms with van der Waals surface area (Å²) in [5.74, 6) is -0.778. The molecule has 0 aliphatic carbocycles. The molecule has 2 aromatic carbocycles. The van der Waals surface area contributed by atoms with Crippen LogP contribution in [0.3, 0.4) is 0 Å². The number of benzene rings is 2. The molecule has 5 nitrogen and oxygen atoms in total. The van der Waals surface area contributed by atoms with Gasteiger partial charge in [-0.25, -0.2) is 9.18 Å². The predicted octanol–water partition coefficient (Wildman–Crippen LogP) is 3.71. The standard InChI is InChI=1S/C22H20FNO4/c1-14-20(22(26)28-3)18(12-16-6-4-5-7-19(16)23)21(25)24(14)13-15-8-10-17(27-2)11-9-15/h4-12H,13H2,1-3H3/b18-12-. The minimum Gasteiger partial charge on any atom is -0.497 e. The maximum absolute atomic E-state index is 14.1. The summed E-state index contributed by atoms with van der Waals surface area (Å²) in [4.78, 5) is 26.9. The molecule has 1 aliphatic rings. The van der Waals surface area contributed by atoms with Crippen LogP contribution in [0.5, 0.6) is 5.75 Å². The Morgan fingerprint density at radius 3 is 2.39 bits per heavy atom. The van der Waals surface area contributed by atoms with Gasteiger partial charge in [-0.1, -0.05) is 30.3 Å². The lowest BCUT2D eigenvalue weighted by Gasteiger charge is -2.18. The molecule has 0 atom stereocenters. The van der Waals surface area contributed by atoms with E-state index >= 15 is 0 Å². The molecule has 6 heteroatoms. The predicted molar refractivity (Wildman–Crippen MR) is 103 cm³/mol. The molecule has 2 aromatic rings. The molecule has 0 unspecified atom stereocenters. The van der Waals surface area contributed by atoms with Gasteiger partial charge in [0.25, 0.3) is 5.91 Å². The lowest BCUT2D eigenvalue weighted by Crippen LogP contribution is -2.24. The molecule has 1 amide bonds. The molecule has 0 N–H and O–H groups in total. The molecular weight excluding hydrogens is 361 g/mol. The summed E-state index contributed by atoms with van der Waals surface area (Å²) < 4.78 is 24.1. The van der Waals surface area contributed by atoms with Gasteiger partial charge >= 0.3 is 5.97 Å². The normalized spacial score (nSPS) is 15.4. The SMILES string of the molecule is COC(=O)C1=C(C)N(Cc2ccc(OC)cc2)C(=O)/C1=C\c1ccccc1F. The van der Waals surface area contributed by atoms with E-state index in [0.717, 1.165) is 5.56 Å². The molecule has 0 saturated heterocycles. The minimum absolute atomic E-state index is 0.114. The Bertz CT molecular complexity index is 976. The average Bonchev–Trinajstić information content (AvgIpc) is 2.94. The van der Waals surface area contributed by atoms with Crippen molar-refractivity contribution in [1.29, 1.82) is 0 Å². The molecule has 0 aromatic heterocycles. The largest absolute Gasteiger partial charge is 0.497 e. The fraction of sp³-hybridized carbons (Fsp3) is 0.182. The number of ether oxygens (including phenoxy) is 2. The summed E-state index contributed by atoms with van der Waals surface area (Å²) >= 11 is 0. The van der Waals surface area contributed by atoms with Crippen LogP contribution in [0.2, 0.25) is 0 Å². The van der Waals surface area contributed by atoms with Gasteiger partial charge in [-0.3, -0.25) is 4.79 Å². The van der Waals surface area contributed by atoms with Crippen LogP contribution in [0.25, 0.3) is 6.08 Å². The van der Waals surface area contributed by atoms with Crippen molar-refractivity contribution in [3.05, 3.63) is 82.3 Å². The van der Waals surface area contributed by atoms with Crippen molar-refractivity contribution in [2.75, 3.05) is 14.2 Å². The summed E-state index contributed by atoms with van der Waals surface area (Å²) in [6.45, 7) is 1.94. The first-order valence-electron chi connectivity index (χ1n) is 8.67. The van der Waals surface area contributed by atoms with Gasteiger partial charge < -0.3 is 14.4 Å². The van der Waals surface area contributed by atoms with E-state index in [1.54, 1.807) is 44.4 Å². The van der Waals surface area contributed by atoms with Crippen LogP contribution < -0.4 is 4.74 Å². The molecule has 0 spiro atoms. The summed E-state index contributed by atoms with van der Waals surface area (Å²) in [6.07, 6.45) is 1.39. The Kier molecular flexibility index (Phi) is 5.59. The molecule has 0 fully saturated rings. The minimum atomic E-state index is -0.634. The molecule has 0 bridgehead atoms. The third-order valence-electron chi connectivity index (χ3n) is 4.61. The van der Waals surface area contributed by atoms with Crippen molar-refractivity contribution in [2.24, 2.45) is 0 Å². The van der Waals surface area contributed by atoms with Crippen molar-refractivity contribution in [2.45, 2.75) is 13.5 Å². The molecular formula is C22H20FNO4. The van der Waals surface area contributed by atoms with Gasteiger partial charge in [0.1, 0.15) is 11.6 Å². The second kappa shape index (κ2) is 8.08. The number of hydrogen-bond donors (Lipinski definition) is 0. The molecule has 0 saturated carbocycles. The van der Waals surface area contributed by atoms with Crippen LogP contribution in [0, 0.1) is 5.82 Å². The zero-order valence-corrected chi connectivity index (χ0v) is 15.9. The van der Waals surface area contributed by atoms with Crippen LogP contribution in [0.4, 0.5) is 4.39 Å². The number of carbonyl (C=O) groups is 2. The monoisotopic (exact) mass is 381 g/mol. The quantitative estimate of drug-likeness (QED) is 0.585. The number of allylic oxidation sites excluding steroid dienone is 1. The van der Waals surface area contributed by atoms with E-state index in [-0.39, 0.29) is 29.2 Å². The van der Waals surface area contributed by atoms with Crippen LogP contribution in [-0.2, 0) is 20.9 Å². The number of esters is 1. The highest BCUT2D eigenvalue weighted by Crippen LogP contribution is 2.33. The number of amides is 1. The van der Waals surface area contributed by atoms with Crippen molar-refractivity contribution in [3.8, 4) is 5.75 Å². The summed E-state index contributed by atoms with van der Waals surface area (Å²) in [5.41, 5.74) is 1.82. The number of nitrogens with zero attached hydrogens (tertiary/aromatic N) is 1. The van der Waals surface area contributed by atoms with Crippen LogP contribution in [0.15, 0.2) is 65.4 Å². The Hall–Kier alpha value is -3.41. The zero-order valence-electron chi connectivity index (χ0n) is 15.9. The van der Waals surface area contributed by atoms with Crippen molar-refractivity contribution >= 4 is 18.0 Å². The van der Waals surface area contributed by atoms with Gasteiger partial charge in [0.2, 0.25) is 0 Å². The third kappa shape index (κ3) is 3.67. The number of hydrogen-bond acceptors (Lipinski definition) is 4. The lowest BCUT2D eigenvalue weighted by atomic mass is 10.0. The van der Waals surface area contributed by atoms with E-state index in [4.69, 9.17) is 9.47 Å². The molecule has 1 aliphatic heterocycles. The first-order chi connectivity index (χ1) is 13.5. The second-order valence-corrected chi connectivity index (χ2v) is 6.27. The van der Waals surface area contributed by atoms with Crippen molar-refractivity contribution < 1.29 is 23.5 Å². The maximum atomic E-state index is 14.1. The molecule has 144 valence electrons. The van der Waals surface area contributed by atoms with E-state index in [1.807, 2.05) is 12.1 Å². The molecule has 3 rings (SSSR count). The van der Waals surface area contributed by atoms with Gasteiger partial charge in [0.05, 0.1) is 31.9 Å². The Balaban J connectivity index is 2.01. The highest BCUT2D eigenvalue weighted by atomic mass is 19.1. The van der Waals surface area contributed by atoms with Gasteiger partial charge in [0, 0.05) is 11.3 Å². The summed E-state index contributed by atoms with van der Waals surface area (Å²) in [5, 5.41) is 0. The summed E-state index contributed by atoms with van der Waals surface area (Å²) in [7, 11) is 2.83. The lowest BCUT2D eigenvalue weighted by molar-refractivity contribution is -0.136. The summed E-state index contributed by atoms with van der Waals surface area (Å²) in [6, 6.07) is 13.4. The fourth-order valence-corrected chi connectivity index (χ4v) is 3.08. The number of carbonyl (C=O) groups excluding carboxylic acids is 2. The molecule has 0 radical (unpaired) electrons. The Morgan fingerprint density at radius 2 is 1.79 bits per heavy atom. The topological polar surface area (TPSA) is 55.8 Å². The smallest absolute Gasteiger partial charge is 0.340 e. The van der Waals surface area contributed by atoms with Crippen LogP contribution in [-0.4, -0.2) is 31.0 Å². The average molecular weight is 381 g/mol. The Labute approximate surface area is 162 Å². The van der Waals surface area contributed by atoms with Gasteiger partial charge in [-0.2, -0.15) is 0 Å². The van der Waals surface area contributed by atoms with Crippen LogP contribution in [0.1, 0.15) is 18.1 Å². The zero-order chi connectivity index (χ0) is 20.3. The molecule has 28 heavy (non-hydrogen) atoms. The van der Waals surface area contributed by atoms with Crippen molar-refractivity contribution in [1.82, 2.24) is 4.90 Å². The van der Waals surface area contributed by atoms with E-state index < -0.39 is 11.8 Å². The van der Waals surface area contributed by atoms with Gasteiger partial charge in [-0.15, -0.1) is 0 Å². The van der Waals surface area contributed by atoms with E-state index in [1.165, 1.54) is 24.2 Å². The van der Waals surface area contributed by atoms with E-state index in [9.17, 15) is 14.0 Å². The third-order valence-corrected chi connectivity index (χ3v) is 4.61. The Morgan fingerprint density at radius 1 is 1.11 bits per heavy atom. The number of methoxy groups -OCH3 is 2. The van der Waals surface area contributed by atoms with E-state index in [2.05, 4.69) is 0 Å². The van der Waals surface area contributed by atoms with Gasteiger partial charge in [-0.05, 0) is 36.8 Å². The maximum Gasteiger partial charge on any atom is 0.340 e. The highest BCUT2D eigenvalue weighted by molar-refractivity contribution is 6.16. The number of halogens is 1. The van der Waals surface area contributed by atoms with Crippen LogP contribution >= 0.6 is 0 Å². The highest BCUT2D eigenvalue weighted by Gasteiger charge is 2.37. The number of rotatable bonds is 5. The van der Waals surface area contributed by atoms with Crippen molar-refractivity contribution in [3.63, 3.8) is 0 Å². The molecule has 1 heterocycles. The van der Waals surface area contributed by atoms with E-state index in [0.29, 0.717) is 11.4 Å². The van der Waals surface area contributed by atoms with Gasteiger partial charge in [0.15, 0.2) is 0 Å². The second-order valence-electron chi connectivity index (χ2n) is 6.27.